The van der Waals surface area contributed by atoms with Crippen molar-refractivity contribution in [2.45, 2.75) is 27.7 Å². The molecule has 0 aromatic rings. The van der Waals surface area contributed by atoms with Crippen LogP contribution in [0.5, 0.6) is 0 Å². The Labute approximate surface area is 57.5 Å². The Kier molecular flexibility index (Phi) is 3.85. The summed E-state index contributed by atoms with van der Waals surface area (Å²) in [6, 6.07) is 0. The predicted molar refractivity (Wildman–Crippen MR) is 42.0 cm³/mol. The van der Waals surface area contributed by atoms with Crippen molar-refractivity contribution in [1.82, 2.24) is 5.32 Å². The van der Waals surface area contributed by atoms with Crippen LogP contribution in [0.15, 0.2) is 23.5 Å². The highest BCUT2D eigenvalue weighted by Gasteiger charge is 1.83. The molecule has 0 saturated carbocycles. The lowest BCUT2D eigenvalue weighted by molar-refractivity contribution is 0.959. The van der Waals surface area contributed by atoms with Crippen molar-refractivity contribution < 1.29 is 0 Å². The number of hydrogen-bond acceptors (Lipinski definition) is 1. The zero-order valence-corrected chi connectivity index (χ0v) is 6.65. The summed E-state index contributed by atoms with van der Waals surface area (Å²) in [5.41, 5.74) is 2.40. The fourth-order valence-corrected chi connectivity index (χ4v) is 0.455. The van der Waals surface area contributed by atoms with Crippen LogP contribution < -0.4 is 5.32 Å². The van der Waals surface area contributed by atoms with E-state index >= 15 is 0 Å². The van der Waals surface area contributed by atoms with Gasteiger partial charge in [-0.15, -0.1) is 0 Å². The zero-order chi connectivity index (χ0) is 7.28. The van der Waals surface area contributed by atoms with Crippen molar-refractivity contribution in [1.29, 1.82) is 0 Å². The van der Waals surface area contributed by atoms with Crippen molar-refractivity contribution in [2.75, 3.05) is 0 Å². The molecule has 0 heterocycles. The average Bonchev–Trinajstić information content (AvgIpc) is 1.87. The average molecular weight is 125 g/mol. The molecule has 0 rings (SSSR count). The first kappa shape index (κ1) is 8.28. The Morgan fingerprint density at radius 1 is 1.00 bits per heavy atom. The second-order valence-electron chi connectivity index (χ2n) is 2.07. The van der Waals surface area contributed by atoms with Crippen molar-refractivity contribution in [3.05, 3.63) is 23.5 Å². The minimum atomic E-state index is 1.20. The first-order valence-electron chi connectivity index (χ1n) is 3.23. The van der Waals surface area contributed by atoms with E-state index < -0.39 is 0 Å². The summed E-state index contributed by atoms with van der Waals surface area (Å²) in [6.45, 7) is 8.14. The molecule has 0 fully saturated rings. The third kappa shape index (κ3) is 3.83. The molecular weight excluding hydrogens is 110 g/mol. The van der Waals surface area contributed by atoms with E-state index in [1.807, 2.05) is 39.8 Å². The van der Waals surface area contributed by atoms with Gasteiger partial charge in [0.25, 0.3) is 0 Å². The summed E-state index contributed by atoms with van der Waals surface area (Å²) >= 11 is 0. The van der Waals surface area contributed by atoms with Gasteiger partial charge in [-0.1, -0.05) is 12.2 Å². The van der Waals surface area contributed by atoms with Gasteiger partial charge in [0.2, 0.25) is 0 Å². The highest BCUT2D eigenvalue weighted by Crippen LogP contribution is 1.91. The van der Waals surface area contributed by atoms with E-state index in [1.165, 1.54) is 11.4 Å². The van der Waals surface area contributed by atoms with Gasteiger partial charge in [0.15, 0.2) is 0 Å². The van der Waals surface area contributed by atoms with Gasteiger partial charge in [-0.05, 0) is 27.7 Å². The van der Waals surface area contributed by atoms with E-state index in [-0.39, 0.29) is 0 Å². The van der Waals surface area contributed by atoms with Crippen LogP contribution >= 0.6 is 0 Å². The molecule has 0 aliphatic carbocycles. The Hall–Kier alpha value is -0.720. The van der Waals surface area contributed by atoms with Gasteiger partial charge in [0, 0.05) is 11.4 Å². The van der Waals surface area contributed by atoms with Crippen LogP contribution in [0, 0.1) is 0 Å². The van der Waals surface area contributed by atoms with E-state index in [1.54, 1.807) is 0 Å². The van der Waals surface area contributed by atoms with E-state index in [9.17, 15) is 0 Å². The highest BCUT2D eigenvalue weighted by molar-refractivity contribution is 5.05. The maximum absolute atomic E-state index is 3.20. The van der Waals surface area contributed by atoms with E-state index in [0.717, 1.165) is 0 Å². The molecule has 0 radical (unpaired) electrons. The molecule has 9 heavy (non-hydrogen) atoms. The van der Waals surface area contributed by atoms with Gasteiger partial charge in [-0.3, -0.25) is 0 Å². The van der Waals surface area contributed by atoms with Crippen LogP contribution in [0.2, 0.25) is 0 Å². The molecule has 1 nitrogen and oxygen atoms in total. The topological polar surface area (TPSA) is 12.0 Å². The summed E-state index contributed by atoms with van der Waals surface area (Å²) in [5.74, 6) is 0. The largest absolute Gasteiger partial charge is 0.363 e. The van der Waals surface area contributed by atoms with Gasteiger partial charge < -0.3 is 5.32 Å². The molecule has 0 atom stereocenters. The lowest BCUT2D eigenvalue weighted by atomic mass is 10.4. The Balaban J connectivity index is 3.75. The number of allylic oxidation sites excluding steroid dienone is 4. The van der Waals surface area contributed by atoms with Crippen molar-refractivity contribution >= 4 is 0 Å². The van der Waals surface area contributed by atoms with Gasteiger partial charge in [-0.2, -0.15) is 0 Å². The number of nitrogens with one attached hydrogen (secondary N) is 1. The van der Waals surface area contributed by atoms with E-state index in [0.29, 0.717) is 0 Å². The van der Waals surface area contributed by atoms with Crippen molar-refractivity contribution in [3.8, 4) is 0 Å². The van der Waals surface area contributed by atoms with Crippen LogP contribution in [-0.4, -0.2) is 0 Å². The minimum absolute atomic E-state index is 1.20. The molecule has 1 N–H and O–H groups in total. The molecule has 0 saturated heterocycles. The summed E-state index contributed by atoms with van der Waals surface area (Å²) < 4.78 is 0. The molecule has 1 heteroatoms. The van der Waals surface area contributed by atoms with Gasteiger partial charge in [0.1, 0.15) is 0 Å². The minimum Gasteiger partial charge on any atom is -0.363 e. The molecule has 0 aromatic carbocycles. The maximum Gasteiger partial charge on any atom is 0.00736 e. The van der Waals surface area contributed by atoms with Crippen molar-refractivity contribution in [3.63, 3.8) is 0 Å². The molecule has 52 valence electrons. The third-order valence-corrected chi connectivity index (χ3v) is 1.26. The lowest BCUT2D eigenvalue weighted by Crippen LogP contribution is -2.06. The smallest absolute Gasteiger partial charge is 0.00736 e. The molecule has 0 aliphatic rings. The first-order chi connectivity index (χ1) is 4.20. The van der Waals surface area contributed by atoms with Gasteiger partial charge in [-0.25, -0.2) is 0 Å². The van der Waals surface area contributed by atoms with E-state index in [4.69, 9.17) is 0 Å². The summed E-state index contributed by atoms with van der Waals surface area (Å²) in [4.78, 5) is 0. The normalized spacial score (nSPS) is 13.8. The predicted octanol–water partition coefficient (Wildman–Crippen LogP) is 2.42. The van der Waals surface area contributed by atoms with Crippen LogP contribution in [-0.2, 0) is 0 Å². The second-order valence-corrected chi connectivity index (χ2v) is 2.07. The molecule has 0 unspecified atom stereocenters. The maximum atomic E-state index is 3.20. The first-order valence-corrected chi connectivity index (χ1v) is 3.23. The van der Waals surface area contributed by atoms with Crippen LogP contribution in [0.4, 0.5) is 0 Å². The number of hydrogen-bond donors (Lipinski definition) is 1. The summed E-state index contributed by atoms with van der Waals surface area (Å²) in [7, 11) is 0. The highest BCUT2D eigenvalue weighted by atomic mass is 14.9. The van der Waals surface area contributed by atoms with Gasteiger partial charge >= 0.3 is 0 Å². The molecule has 0 aromatic heterocycles. The monoisotopic (exact) mass is 125 g/mol. The standard InChI is InChI=1S/C8H15N/c1-5-7(3)9-8(4)6-2/h5-6,9H,1-4H3/b7-5-,8-6-. The second kappa shape index (κ2) is 4.19. The fraction of sp³-hybridized carbons (Fsp3) is 0.500. The third-order valence-electron chi connectivity index (χ3n) is 1.26. The molecule has 0 spiro atoms. The van der Waals surface area contributed by atoms with E-state index in [2.05, 4.69) is 5.32 Å². The molecule has 0 amide bonds. The molecule has 0 bridgehead atoms. The molecule has 0 aliphatic heterocycles. The van der Waals surface area contributed by atoms with Crippen LogP contribution in [0.25, 0.3) is 0 Å². The fourth-order valence-electron chi connectivity index (χ4n) is 0.455. The Bertz CT molecular complexity index is 116. The van der Waals surface area contributed by atoms with Crippen LogP contribution in [0.1, 0.15) is 27.7 Å². The Morgan fingerprint density at radius 3 is 1.56 bits per heavy atom. The summed E-state index contributed by atoms with van der Waals surface area (Å²) in [5, 5.41) is 3.20. The van der Waals surface area contributed by atoms with Gasteiger partial charge in [0.05, 0.1) is 0 Å². The summed E-state index contributed by atoms with van der Waals surface area (Å²) in [6.07, 6.45) is 4.10. The molecular formula is C8H15N. The number of rotatable bonds is 2. The van der Waals surface area contributed by atoms with Crippen LogP contribution in [0.3, 0.4) is 0 Å². The zero-order valence-electron chi connectivity index (χ0n) is 6.65. The Morgan fingerprint density at radius 2 is 1.33 bits per heavy atom. The quantitative estimate of drug-likeness (QED) is 0.597. The lowest BCUT2D eigenvalue weighted by Gasteiger charge is -2.03. The SMILES string of the molecule is C/C=C(/C)N/C(C)=C\C. The van der Waals surface area contributed by atoms with Crippen molar-refractivity contribution in [2.24, 2.45) is 0 Å².